The van der Waals surface area contributed by atoms with Crippen molar-refractivity contribution < 1.29 is 8.42 Å². The standard InChI is InChI=1S/C11H16N2O2S2/c1-3-10(11(12)16)13-17(14,15)9-6-4-5-8(2)7-9/h4-7,10,13H,3H2,1-2H3,(H2,12,16). The van der Waals surface area contributed by atoms with Gasteiger partial charge in [-0.15, -0.1) is 0 Å². The summed E-state index contributed by atoms with van der Waals surface area (Å²) in [5, 5.41) is 0. The average molecular weight is 272 g/mol. The Bertz CT molecular complexity index is 512. The normalized spacial score (nSPS) is 13.3. The number of sulfonamides is 1. The third kappa shape index (κ3) is 3.76. The van der Waals surface area contributed by atoms with E-state index in [9.17, 15) is 8.42 Å². The van der Waals surface area contributed by atoms with Gasteiger partial charge in [-0.05, 0) is 31.0 Å². The van der Waals surface area contributed by atoms with Crippen LogP contribution in [0.15, 0.2) is 29.2 Å². The van der Waals surface area contributed by atoms with Gasteiger partial charge >= 0.3 is 0 Å². The van der Waals surface area contributed by atoms with Gasteiger partial charge in [-0.3, -0.25) is 0 Å². The smallest absolute Gasteiger partial charge is 0.241 e. The van der Waals surface area contributed by atoms with Crippen LogP contribution >= 0.6 is 12.2 Å². The summed E-state index contributed by atoms with van der Waals surface area (Å²) < 4.78 is 26.6. The van der Waals surface area contributed by atoms with Crippen LogP contribution in [-0.4, -0.2) is 19.4 Å². The van der Waals surface area contributed by atoms with Crippen molar-refractivity contribution in [2.75, 3.05) is 0 Å². The minimum absolute atomic E-state index is 0.156. The van der Waals surface area contributed by atoms with Crippen molar-refractivity contribution in [3.8, 4) is 0 Å². The second-order valence-electron chi connectivity index (χ2n) is 3.80. The zero-order chi connectivity index (χ0) is 13.1. The predicted molar refractivity (Wildman–Crippen MR) is 72.4 cm³/mol. The van der Waals surface area contributed by atoms with Gasteiger partial charge in [0.25, 0.3) is 0 Å². The first kappa shape index (κ1) is 14.1. The van der Waals surface area contributed by atoms with Crippen molar-refractivity contribution in [1.82, 2.24) is 4.72 Å². The van der Waals surface area contributed by atoms with Gasteiger partial charge in [0.1, 0.15) is 0 Å². The molecule has 0 saturated heterocycles. The zero-order valence-corrected chi connectivity index (χ0v) is 11.4. The van der Waals surface area contributed by atoms with E-state index in [2.05, 4.69) is 4.72 Å². The molecule has 0 bridgehead atoms. The molecular formula is C11H16N2O2S2. The fraction of sp³-hybridized carbons (Fsp3) is 0.364. The van der Waals surface area contributed by atoms with E-state index in [1.54, 1.807) is 18.2 Å². The zero-order valence-electron chi connectivity index (χ0n) is 9.80. The fourth-order valence-electron chi connectivity index (χ4n) is 1.38. The monoisotopic (exact) mass is 272 g/mol. The van der Waals surface area contributed by atoms with E-state index in [4.69, 9.17) is 18.0 Å². The molecule has 0 aliphatic rings. The van der Waals surface area contributed by atoms with Crippen molar-refractivity contribution in [2.24, 2.45) is 5.73 Å². The van der Waals surface area contributed by atoms with Crippen LogP contribution in [0.1, 0.15) is 18.9 Å². The predicted octanol–water partition coefficient (Wildman–Crippen LogP) is 1.34. The highest BCUT2D eigenvalue weighted by Crippen LogP contribution is 2.11. The first-order valence-corrected chi connectivity index (χ1v) is 7.14. The van der Waals surface area contributed by atoms with Crippen LogP contribution in [0.5, 0.6) is 0 Å². The van der Waals surface area contributed by atoms with Crippen LogP contribution < -0.4 is 10.5 Å². The quantitative estimate of drug-likeness (QED) is 0.793. The van der Waals surface area contributed by atoms with Gasteiger partial charge in [0.15, 0.2) is 0 Å². The molecule has 0 spiro atoms. The minimum Gasteiger partial charge on any atom is -0.392 e. The Morgan fingerprint density at radius 3 is 2.65 bits per heavy atom. The van der Waals surface area contributed by atoms with E-state index in [1.165, 1.54) is 0 Å². The third-order valence-electron chi connectivity index (χ3n) is 2.35. The van der Waals surface area contributed by atoms with Gasteiger partial charge in [-0.1, -0.05) is 31.3 Å². The number of benzene rings is 1. The molecule has 17 heavy (non-hydrogen) atoms. The van der Waals surface area contributed by atoms with Gasteiger partial charge < -0.3 is 5.73 Å². The maximum atomic E-state index is 12.0. The Hall–Kier alpha value is -0.980. The molecule has 0 aromatic heterocycles. The molecular weight excluding hydrogens is 256 g/mol. The summed E-state index contributed by atoms with van der Waals surface area (Å²) in [6.07, 6.45) is 0.528. The number of nitrogens with two attached hydrogens (primary N) is 1. The molecule has 0 aliphatic carbocycles. The molecule has 0 radical (unpaired) electrons. The van der Waals surface area contributed by atoms with E-state index >= 15 is 0 Å². The summed E-state index contributed by atoms with van der Waals surface area (Å²) in [6, 6.07) is 6.18. The highest BCUT2D eigenvalue weighted by molar-refractivity contribution is 7.89. The lowest BCUT2D eigenvalue weighted by Crippen LogP contribution is -2.42. The van der Waals surface area contributed by atoms with Crippen molar-refractivity contribution in [3.63, 3.8) is 0 Å². The maximum Gasteiger partial charge on any atom is 0.241 e. The molecule has 1 aromatic carbocycles. The van der Waals surface area contributed by atoms with Gasteiger partial charge in [-0.2, -0.15) is 0 Å². The van der Waals surface area contributed by atoms with Gasteiger partial charge in [-0.25, -0.2) is 13.1 Å². The van der Waals surface area contributed by atoms with E-state index in [0.717, 1.165) is 5.56 Å². The van der Waals surface area contributed by atoms with Crippen LogP contribution in [0.25, 0.3) is 0 Å². The van der Waals surface area contributed by atoms with Crippen LogP contribution in [0.2, 0.25) is 0 Å². The SMILES string of the molecule is CCC(NS(=O)(=O)c1cccc(C)c1)C(N)=S. The lowest BCUT2D eigenvalue weighted by Gasteiger charge is -2.15. The van der Waals surface area contributed by atoms with Crippen LogP contribution in [0.4, 0.5) is 0 Å². The largest absolute Gasteiger partial charge is 0.392 e. The Morgan fingerprint density at radius 1 is 1.53 bits per heavy atom. The number of aryl methyl sites for hydroxylation is 1. The second-order valence-corrected chi connectivity index (χ2v) is 5.99. The van der Waals surface area contributed by atoms with Gasteiger partial charge in [0, 0.05) is 0 Å². The highest BCUT2D eigenvalue weighted by atomic mass is 32.2. The van der Waals surface area contributed by atoms with Crippen LogP contribution in [0.3, 0.4) is 0 Å². The molecule has 1 unspecified atom stereocenters. The molecule has 6 heteroatoms. The number of rotatable bonds is 5. The topological polar surface area (TPSA) is 72.2 Å². The molecule has 0 aliphatic heterocycles. The molecule has 4 nitrogen and oxygen atoms in total. The van der Waals surface area contributed by atoms with E-state index in [0.29, 0.717) is 6.42 Å². The molecule has 0 heterocycles. The maximum absolute atomic E-state index is 12.0. The van der Waals surface area contributed by atoms with E-state index in [-0.39, 0.29) is 9.88 Å². The van der Waals surface area contributed by atoms with Gasteiger partial charge in [0.2, 0.25) is 10.0 Å². The Balaban J connectivity index is 3.00. The van der Waals surface area contributed by atoms with E-state index in [1.807, 2.05) is 19.9 Å². The molecule has 94 valence electrons. The number of nitrogens with one attached hydrogen (secondary N) is 1. The van der Waals surface area contributed by atoms with E-state index < -0.39 is 16.1 Å². The molecule has 3 N–H and O–H groups in total. The lowest BCUT2D eigenvalue weighted by molar-refractivity contribution is 0.572. The third-order valence-corrected chi connectivity index (χ3v) is 4.10. The second kappa shape index (κ2) is 5.57. The fourth-order valence-corrected chi connectivity index (χ4v) is 3.08. The summed E-state index contributed by atoms with van der Waals surface area (Å²) in [5.74, 6) is 0. The minimum atomic E-state index is -3.56. The summed E-state index contributed by atoms with van der Waals surface area (Å²) in [5.41, 5.74) is 6.35. The lowest BCUT2D eigenvalue weighted by atomic mass is 10.2. The first-order valence-electron chi connectivity index (χ1n) is 5.25. The number of hydrogen-bond acceptors (Lipinski definition) is 3. The van der Waals surface area contributed by atoms with Gasteiger partial charge in [0.05, 0.1) is 15.9 Å². The Labute approximate surface area is 107 Å². The summed E-state index contributed by atoms with van der Waals surface area (Å²) in [4.78, 5) is 0.385. The summed E-state index contributed by atoms with van der Waals surface area (Å²) >= 11 is 4.81. The highest BCUT2D eigenvalue weighted by Gasteiger charge is 2.20. The van der Waals surface area contributed by atoms with Crippen molar-refractivity contribution in [2.45, 2.75) is 31.2 Å². The Morgan fingerprint density at radius 2 is 2.18 bits per heavy atom. The summed E-state index contributed by atoms with van der Waals surface area (Å²) in [6.45, 7) is 3.66. The number of hydrogen-bond donors (Lipinski definition) is 2. The Kier molecular flexibility index (Phi) is 4.62. The molecule has 0 fully saturated rings. The van der Waals surface area contributed by atoms with Crippen molar-refractivity contribution >= 4 is 27.2 Å². The molecule has 0 amide bonds. The average Bonchev–Trinajstić information content (AvgIpc) is 2.25. The molecule has 1 atom stereocenters. The first-order chi connectivity index (χ1) is 7.86. The van der Waals surface area contributed by atoms with Crippen LogP contribution in [-0.2, 0) is 10.0 Å². The number of thiocarbonyl (C=S) groups is 1. The summed E-state index contributed by atoms with van der Waals surface area (Å²) in [7, 11) is -3.56. The molecule has 0 saturated carbocycles. The van der Waals surface area contributed by atoms with Crippen molar-refractivity contribution in [3.05, 3.63) is 29.8 Å². The molecule has 1 rings (SSSR count). The molecule has 1 aromatic rings. The van der Waals surface area contributed by atoms with Crippen LogP contribution in [0, 0.1) is 6.92 Å². The van der Waals surface area contributed by atoms with Crippen molar-refractivity contribution in [1.29, 1.82) is 0 Å².